The van der Waals surface area contributed by atoms with E-state index in [-0.39, 0.29) is 25.0 Å². The lowest BCUT2D eigenvalue weighted by Crippen LogP contribution is -2.40. The molecule has 0 aromatic heterocycles. The van der Waals surface area contributed by atoms with Crippen LogP contribution in [0.3, 0.4) is 0 Å². The molecule has 0 heterocycles. The summed E-state index contributed by atoms with van der Waals surface area (Å²) < 4.78 is 5.19. The molecule has 138 valence electrons. The van der Waals surface area contributed by atoms with Crippen LogP contribution < -0.4 is 10.6 Å². The Morgan fingerprint density at radius 2 is 1.58 bits per heavy atom. The molecule has 0 saturated heterocycles. The maximum absolute atomic E-state index is 12.5. The number of carbonyl (C=O) groups is 2. The fourth-order valence-electron chi connectivity index (χ4n) is 2.57. The van der Waals surface area contributed by atoms with Crippen LogP contribution in [-0.4, -0.2) is 31.5 Å². The number of amides is 1. The Kier molecular flexibility index (Phi) is 8.36. The average molecular weight is 354 g/mol. The van der Waals surface area contributed by atoms with Gasteiger partial charge in [0.05, 0.1) is 5.92 Å². The Labute approximate surface area is 154 Å². The molecule has 2 N–H and O–H groups in total. The van der Waals surface area contributed by atoms with Crippen molar-refractivity contribution in [3.05, 3.63) is 71.8 Å². The Hall–Kier alpha value is -2.66. The molecule has 0 aliphatic carbocycles. The van der Waals surface area contributed by atoms with Gasteiger partial charge in [-0.3, -0.25) is 9.59 Å². The van der Waals surface area contributed by atoms with Crippen LogP contribution in [0.1, 0.15) is 18.1 Å². The van der Waals surface area contributed by atoms with Gasteiger partial charge in [0.1, 0.15) is 13.2 Å². The smallest absolute Gasteiger partial charge is 0.325 e. The maximum atomic E-state index is 12.5. The summed E-state index contributed by atoms with van der Waals surface area (Å²) in [5.74, 6) is -0.824. The van der Waals surface area contributed by atoms with Gasteiger partial charge in [0, 0.05) is 6.54 Å². The van der Waals surface area contributed by atoms with E-state index in [0.717, 1.165) is 17.7 Å². The summed E-state index contributed by atoms with van der Waals surface area (Å²) in [6.45, 7) is 3.44. The fraction of sp³-hybridized carbons (Fsp3) is 0.333. The summed E-state index contributed by atoms with van der Waals surface area (Å²) in [5, 5.41) is 5.90. The van der Waals surface area contributed by atoms with Gasteiger partial charge in [-0.05, 0) is 24.1 Å². The minimum Gasteiger partial charge on any atom is -0.460 e. The van der Waals surface area contributed by atoms with Crippen molar-refractivity contribution in [3.8, 4) is 0 Å². The molecule has 2 aromatic rings. The molecule has 0 aliphatic heterocycles. The second-order valence-corrected chi connectivity index (χ2v) is 6.06. The molecule has 5 nitrogen and oxygen atoms in total. The van der Waals surface area contributed by atoms with E-state index in [1.165, 1.54) is 0 Å². The first-order valence-electron chi connectivity index (χ1n) is 8.91. The highest BCUT2D eigenvalue weighted by molar-refractivity contribution is 5.83. The van der Waals surface area contributed by atoms with E-state index in [1.54, 1.807) is 0 Å². The van der Waals surface area contributed by atoms with Gasteiger partial charge in [-0.1, -0.05) is 67.6 Å². The Bertz CT molecular complexity index is 674. The SMILES string of the molecule is CCNCC(Cc1ccccc1)C(=O)NCC(=O)OCc1ccccc1. The highest BCUT2D eigenvalue weighted by atomic mass is 16.5. The normalized spacial score (nSPS) is 11.6. The van der Waals surface area contributed by atoms with Crippen LogP contribution in [0.4, 0.5) is 0 Å². The number of nitrogens with one attached hydrogen (secondary N) is 2. The van der Waals surface area contributed by atoms with E-state index in [2.05, 4.69) is 10.6 Å². The third kappa shape index (κ3) is 7.07. The largest absolute Gasteiger partial charge is 0.460 e. The molecule has 1 amide bonds. The van der Waals surface area contributed by atoms with Gasteiger partial charge >= 0.3 is 5.97 Å². The number of rotatable bonds is 10. The number of ether oxygens (including phenoxy) is 1. The van der Waals surface area contributed by atoms with E-state index < -0.39 is 5.97 Å². The number of benzene rings is 2. The molecule has 0 fully saturated rings. The third-order valence-electron chi connectivity index (χ3n) is 3.99. The Balaban J connectivity index is 1.80. The zero-order chi connectivity index (χ0) is 18.6. The van der Waals surface area contributed by atoms with E-state index in [9.17, 15) is 9.59 Å². The van der Waals surface area contributed by atoms with Crippen molar-refractivity contribution in [2.24, 2.45) is 5.92 Å². The molecular formula is C21H26N2O3. The minimum atomic E-state index is -0.441. The molecule has 0 bridgehead atoms. The first-order valence-corrected chi connectivity index (χ1v) is 8.91. The Morgan fingerprint density at radius 1 is 0.962 bits per heavy atom. The average Bonchev–Trinajstić information content (AvgIpc) is 2.69. The quantitative estimate of drug-likeness (QED) is 0.643. The molecule has 1 atom stereocenters. The fourth-order valence-corrected chi connectivity index (χ4v) is 2.57. The van der Waals surface area contributed by atoms with Crippen LogP contribution >= 0.6 is 0 Å². The third-order valence-corrected chi connectivity index (χ3v) is 3.99. The predicted molar refractivity (Wildman–Crippen MR) is 101 cm³/mol. The molecule has 26 heavy (non-hydrogen) atoms. The second-order valence-electron chi connectivity index (χ2n) is 6.06. The predicted octanol–water partition coefficient (Wildman–Crippen LogP) is 2.31. The summed E-state index contributed by atoms with van der Waals surface area (Å²) in [6, 6.07) is 19.3. The van der Waals surface area contributed by atoms with E-state index >= 15 is 0 Å². The Morgan fingerprint density at radius 3 is 2.19 bits per heavy atom. The summed E-state index contributed by atoms with van der Waals surface area (Å²) in [6.07, 6.45) is 0.624. The van der Waals surface area contributed by atoms with Crippen molar-refractivity contribution in [1.82, 2.24) is 10.6 Å². The summed E-state index contributed by atoms with van der Waals surface area (Å²) >= 11 is 0. The van der Waals surface area contributed by atoms with E-state index in [1.807, 2.05) is 67.6 Å². The van der Waals surface area contributed by atoms with Crippen molar-refractivity contribution in [3.63, 3.8) is 0 Å². The second kappa shape index (κ2) is 11.1. The van der Waals surface area contributed by atoms with Gasteiger partial charge in [-0.15, -0.1) is 0 Å². The van der Waals surface area contributed by atoms with Crippen LogP contribution in [0.25, 0.3) is 0 Å². The molecule has 0 radical (unpaired) electrons. The van der Waals surface area contributed by atoms with Crippen molar-refractivity contribution in [2.45, 2.75) is 20.0 Å². The zero-order valence-corrected chi connectivity index (χ0v) is 15.1. The lowest BCUT2D eigenvalue weighted by atomic mass is 9.98. The van der Waals surface area contributed by atoms with Crippen LogP contribution in [0.2, 0.25) is 0 Å². The summed E-state index contributed by atoms with van der Waals surface area (Å²) in [5.41, 5.74) is 2.01. The molecular weight excluding hydrogens is 328 g/mol. The number of hydrogen-bond acceptors (Lipinski definition) is 4. The summed E-state index contributed by atoms with van der Waals surface area (Å²) in [4.78, 5) is 24.3. The highest BCUT2D eigenvalue weighted by Crippen LogP contribution is 2.08. The van der Waals surface area contributed by atoms with Gasteiger partial charge in [0.25, 0.3) is 0 Å². The van der Waals surface area contributed by atoms with Crippen LogP contribution in [-0.2, 0) is 27.4 Å². The molecule has 0 spiro atoms. The number of carbonyl (C=O) groups excluding carboxylic acids is 2. The molecule has 2 aromatic carbocycles. The minimum absolute atomic E-state index is 0.122. The van der Waals surface area contributed by atoms with Gasteiger partial charge in [-0.25, -0.2) is 0 Å². The first kappa shape index (κ1) is 19.7. The summed E-state index contributed by atoms with van der Waals surface area (Å²) in [7, 11) is 0. The van der Waals surface area contributed by atoms with Gasteiger partial charge in [0.2, 0.25) is 5.91 Å². The van der Waals surface area contributed by atoms with Gasteiger partial charge < -0.3 is 15.4 Å². The first-order chi connectivity index (χ1) is 12.7. The number of esters is 1. The molecule has 1 unspecified atom stereocenters. The lowest BCUT2D eigenvalue weighted by Gasteiger charge is -2.17. The lowest BCUT2D eigenvalue weighted by molar-refractivity contribution is -0.145. The van der Waals surface area contributed by atoms with Crippen LogP contribution in [0, 0.1) is 5.92 Å². The van der Waals surface area contributed by atoms with Crippen molar-refractivity contribution in [1.29, 1.82) is 0 Å². The standard InChI is InChI=1S/C21H26N2O3/c1-2-22-14-19(13-17-9-5-3-6-10-17)21(25)23-15-20(24)26-16-18-11-7-4-8-12-18/h3-12,19,22H,2,13-16H2,1H3,(H,23,25). The van der Waals surface area contributed by atoms with Gasteiger partial charge in [0.15, 0.2) is 0 Å². The molecule has 2 rings (SSSR count). The van der Waals surface area contributed by atoms with E-state index in [0.29, 0.717) is 13.0 Å². The monoisotopic (exact) mass is 354 g/mol. The van der Waals surface area contributed by atoms with Crippen molar-refractivity contribution < 1.29 is 14.3 Å². The molecule has 0 saturated carbocycles. The van der Waals surface area contributed by atoms with Crippen molar-refractivity contribution >= 4 is 11.9 Å². The van der Waals surface area contributed by atoms with Crippen molar-refractivity contribution in [2.75, 3.05) is 19.6 Å². The zero-order valence-electron chi connectivity index (χ0n) is 15.1. The van der Waals surface area contributed by atoms with Crippen LogP contribution in [0.5, 0.6) is 0 Å². The maximum Gasteiger partial charge on any atom is 0.325 e. The van der Waals surface area contributed by atoms with E-state index in [4.69, 9.17) is 4.74 Å². The highest BCUT2D eigenvalue weighted by Gasteiger charge is 2.19. The molecule has 5 heteroatoms. The van der Waals surface area contributed by atoms with Crippen LogP contribution in [0.15, 0.2) is 60.7 Å². The molecule has 0 aliphatic rings. The topological polar surface area (TPSA) is 67.4 Å². The van der Waals surface area contributed by atoms with Gasteiger partial charge in [-0.2, -0.15) is 0 Å². The number of hydrogen-bond donors (Lipinski definition) is 2.